The Hall–Kier alpha value is -3.43. The number of aromatic nitrogens is 2. The van der Waals surface area contributed by atoms with Gasteiger partial charge in [-0.2, -0.15) is 0 Å². The lowest BCUT2D eigenvalue weighted by Gasteiger charge is -2.15. The monoisotopic (exact) mass is 512 g/mol. The highest BCUT2D eigenvalue weighted by Gasteiger charge is 2.18. The molecule has 9 heteroatoms. The quantitative estimate of drug-likeness (QED) is 0.183. The summed E-state index contributed by atoms with van der Waals surface area (Å²) < 4.78 is 22.7. The fourth-order valence-corrected chi connectivity index (χ4v) is 4.45. The minimum atomic E-state index is -0.487. The minimum absolute atomic E-state index is 0.000526. The molecule has 0 fully saturated rings. The Morgan fingerprint density at radius 2 is 1.97 bits per heavy atom. The van der Waals surface area contributed by atoms with Crippen molar-refractivity contribution in [1.29, 1.82) is 0 Å². The number of unbranched alkanes of at least 4 members (excludes halogenated alkanes) is 1. The molecular formula is C27H32N2O6S. The second-order valence-corrected chi connectivity index (χ2v) is 9.11. The molecule has 2 heterocycles. The number of hydrogen-bond acceptors (Lipinski definition) is 8. The molecule has 0 unspecified atom stereocenters. The van der Waals surface area contributed by atoms with Crippen LogP contribution in [0.15, 0.2) is 47.5 Å². The van der Waals surface area contributed by atoms with Crippen molar-refractivity contribution >= 4 is 29.4 Å². The lowest BCUT2D eigenvalue weighted by Crippen LogP contribution is -2.12. The van der Waals surface area contributed by atoms with Crippen molar-refractivity contribution in [2.24, 2.45) is 0 Å². The molecule has 8 nitrogen and oxygen atoms in total. The summed E-state index contributed by atoms with van der Waals surface area (Å²) in [4.78, 5) is 30.5. The number of esters is 2. The molecule has 0 bridgehead atoms. The first kappa shape index (κ1) is 27.2. The maximum absolute atomic E-state index is 12.6. The van der Waals surface area contributed by atoms with Gasteiger partial charge in [-0.3, -0.25) is 0 Å². The van der Waals surface area contributed by atoms with Gasteiger partial charge in [0.2, 0.25) is 0 Å². The highest BCUT2D eigenvalue weighted by molar-refractivity contribution is 7.09. The highest BCUT2D eigenvalue weighted by Crippen LogP contribution is 2.25. The summed E-state index contributed by atoms with van der Waals surface area (Å²) in [6, 6.07) is 9.30. The first-order valence-electron chi connectivity index (χ1n) is 11.7. The van der Waals surface area contributed by atoms with E-state index in [0.29, 0.717) is 29.9 Å². The van der Waals surface area contributed by atoms with Crippen molar-refractivity contribution in [2.75, 3.05) is 28.1 Å². The summed E-state index contributed by atoms with van der Waals surface area (Å²) in [5.41, 5.74) is 2.57. The van der Waals surface area contributed by atoms with E-state index in [9.17, 15) is 9.59 Å². The normalized spacial score (nSPS) is 11.4. The number of thiophene rings is 1. The number of methoxy groups -OCH3 is 3. The summed E-state index contributed by atoms with van der Waals surface area (Å²) >= 11 is 1.59. The van der Waals surface area contributed by atoms with E-state index in [0.717, 1.165) is 41.2 Å². The van der Waals surface area contributed by atoms with Crippen LogP contribution in [0.2, 0.25) is 0 Å². The molecule has 2 aromatic heterocycles. The number of carbonyl (C=O) groups is 2. The molecule has 0 spiro atoms. The lowest BCUT2D eigenvalue weighted by atomic mass is 10.1. The van der Waals surface area contributed by atoms with E-state index in [1.54, 1.807) is 29.7 Å². The number of imidazole rings is 1. The molecule has 0 radical (unpaired) electrons. The molecule has 0 amide bonds. The van der Waals surface area contributed by atoms with E-state index in [1.807, 2.05) is 29.7 Å². The summed E-state index contributed by atoms with van der Waals surface area (Å²) in [5.74, 6) is 0.434. The van der Waals surface area contributed by atoms with Gasteiger partial charge in [0, 0.05) is 36.9 Å². The molecule has 192 valence electrons. The number of hydrogen-bond donors (Lipinski definition) is 0. The third-order valence-corrected chi connectivity index (χ3v) is 6.44. The molecule has 0 aliphatic rings. The third kappa shape index (κ3) is 7.05. The van der Waals surface area contributed by atoms with Crippen LogP contribution in [-0.4, -0.2) is 49.6 Å². The molecule has 0 saturated heterocycles. The highest BCUT2D eigenvalue weighted by atomic mass is 32.1. The van der Waals surface area contributed by atoms with Gasteiger partial charge in [0.05, 0.1) is 26.1 Å². The van der Waals surface area contributed by atoms with Gasteiger partial charge in [-0.05, 0) is 41.6 Å². The molecule has 0 saturated carbocycles. The fourth-order valence-electron chi connectivity index (χ4n) is 3.72. The number of aryl methyl sites for hydroxylation is 1. The lowest BCUT2D eigenvalue weighted by molar-refractivity contribution is -0.136. The first-order valence-corrected chi connectivity index (χ1v) is 12.6. The van der Waals surface area contributed by atoms with Crippen LogP contribution in [0.1, 0.15) is 52.1 Å². The Morgan fingerprint density at radius 3 is 2.64 bits per heavy atom. The van der Waals surface area contributed by atoms with E-state index in [1.165, 1.54) is 21.3 Å². The first-order chi connectivity index (χ1) is 17.5. The fraction of sp³-hybridized carbons (Fsp3) is 0.370. The summed E-state index contributed by atoms with van der Waals surface area (Å²) in [6.07, 6.45) is 6.93. The van der Waals surface area contributed by atoms with Crippen LogP contribution in [-0.2, 0) is 38.4 Å². The van der Waals surface area contributed by atoms with E-state index < -0.39 is 5.97 Å². The van der Waals surface area contributed by atoms with Crippen molar-refractivity contribution < 1.29 is 28.5 Å². The van der Waals surface area contributed by atoms with Gasteiger partial charge in [0.15, 0.2) is 6.79 Å². The zero-order valence-corrected chi connectivity index (χ0v) is 21.9. The average molecular weight is 513 g/mol. The maximum Gasteiger partial charge on any atom is 0.341 e. The Morgan fingerprint density at radius 1 is 1.14 bits per heavy atom. The zero-order valence-electron chi connectivity index (χ0n) is 21.1. The van der Waals surface area contributed by atoms with E-state index >= 15 is 0 Å². The van der Waals surface area contributed by atoms with E-state index in [2.05, 4.69) is 16.5 Å². The van der Waals surface area contributed by atoms with Gasteiger partial charge in [-0.1, -0.05) is 25.5 Å². The van der Waals surface area contributed by atoms with Gasteiger partial charge < -0.3 is 23.5 Å². The van der Waals surface area contributed by atoms with Crippen LogP contribution in [0.4, 0.5) is 0 Å². The SMILES string of the molecule is CCCCc1ncc(/C=C(\Cc2cccs2)C(=O)OC)n1Cc1ccc(C(=O)OC)c(OCOC)c1. The summed E-state index contributed by atoms with van der Waals surface area (Å²) in [5, 5.41) is 1.98. The Bertz CT molecular complexity index is 1180. The van der Waals surface area contributed by atoms with Crippen LogP contribution in [0.5, 0.6) is 5.75 Å². The Kier molecular flexibility index (Phi) is 10.3. The smallest absolute Gasteiger partial charge is 0.341 e. The minimum Gasteiger partial charge on any atom is -0.467 e. The van der Waals surface area contributed by atoms with Crippen molar-refractivity contribution in [3.63, 3.8) is 0 Å². The molecule has 3 rings (SSSR count). The molecule has 1 aromatic carbocycles. The van der Waals surface area contributed by atoms with Crippen LogP contribution >= 0.6 is 11.3 Å². The van der Waals surface area contributed by atoms with E-state index in [-0.39, 0.29) is 12.8 Å². The van der Waals surface area contributed by atoms with Crippen molar-refractivity contribution in [2.45, 2.75) is 39.2 Å². The zero-order chi connectivity index (χ0) is 25.9. The Balaban J connectivity index is 2.01. The number of rotatable bonds is 13. The van der Waals surface area contributed by atoms with Crippen LogP contribution in [0, 0.1) is 0 Å². The van der Waals surface area contributed by atoms with Gasteiger partial charge in [0.1, 0.15) is 17.1 Å². The molecule has 36 heavy (non-hydrogen) atoms. The van der Waals surface area contributed by atoms with Crippen LogP contribution in [0.25, 0.3) is 6.08 Å². The third-order valence-electron chi connectivity index (χ3n) is 5.56. The number of benzene rings is 1. The predicted molar refractivity (Wildman–Crippen MR) is 138 cm³/mol. The van der Waals surface area contributed by atoms with Crippen LogP contribution < -0.4 is 4.74 Å². The molecule has 3 aromatic rings. The van der Waals surface area contributed by atoms with Crippen molar-refractivity contribution in [1.82, 2.24) is 9.55 Å². The number of ether oxygens (including phenoxy) is 4. The van der Waals surface area contributed by atoms with Gasteiger partial charge in [-0.25, -0.2) is 14.6 Å². The van der Waals surface area contributed by atoms with Crippen LogP contribution in [0.3, 0.4) is 0 Å². The molecule has 0 N–H and O–H groups in total. The van der Waals surface area contributed by atoms with E-state index in [4.69, 9.17) is 18.9 Å². The summed E-state index contributed by atoms with van der Waals surface area (Å²) in [6.45, 7) is 2.61. The topological polar surface area (TPSA) is 88.9 Å². The molecule has 0 atom stereocenters. The Labute approximate surface area is 215 Å². The van der Waals surface area contributed by atoms with Gasteiger partial charge in [-0.15, -0.1) is 11.3 Å². The molecular weight excluding hydrogens is 480 g/mol. The average Bonchev–Trinajstić information content (AvgIpc) is 3.55. The second-order valence-electron chi connectivity index (χ2n) is 8.08. The maximum atomic E-state index is 12.6. The van der Waals surface area contributed by atoms with Crippen molar-refractivity contribution in [3.8, 4) is 5.75 Å². The largest absolute Gasteiger partial charge is 0.467 e. The predicted octanol–water partition coefficient (Wildman–Crippen LogP) is 4.90. The van der Waals surface area contributed by atoms with Crippen molar-refractivity contribution in [3.05, 3.63) is 75.0 Å². The molecule has 0 aliphatic heterocycles. The number of nitrogens with zero attached hydrogens (tertiary/aromatic N) is 2. The van der Waals surface area contributed by atoms with Gasteiger partial charge >= 0.3 is 11.9 Å². The second kappa shape index (κ2) is 13.6. The van der Waals surface area contributed by atoms with Gasteiger partial charge in [0.25, 0.3) is 0 Å². The number of carbonyl (C=O) groups excluding carboxylic acids is 2. The molecule has 0 aliphatic carbocycles. The standard InChI is InChI=1S/C27H32N2O6S/c1-5-6-9-25-28-16-21(14-20(26(30)33-3)15-22-8-7-12-36-22)29(25)17-19-10-11-23(27(31)34-4)24(13-19)35-18-32-2/h7-8,10-14,16H,5-6,9,15,17-18H2,1-4H3/b20-14+. The summed E-state index contributed by atoms with van der Waals surface area (Å²) in [7, 11) is 4.23.